The van der Waals surface area contributed by atoms with Crippen molar-refractivity contribution >= 4 is 22.5 Å². The predicted octanol–water partition coefficient (Wildman–Crippen LogP) is 2.02. The lowest BCUT2D eigenvalue weighted by atomic mass is 10.1. The van der Waals surface area contributed by atoms with Crippen LogP contribution in [0.5, 0.6) is 0 Å². The van der Waals surface area contributed by atoms with Gasteiger partial charge in [-0.25, -0.2) is 0 Å². The van der Waals surface area contributed by atoms with E-state index in [4.69, 9.17) is 16.7 Å². The molecule has 0 bridgehead atoms. The molecule has 2 rings (SSSR count). The lowest BCUT2D eigenvalue weighted by Crippen LogP contribution is -2.15. The van der Waals surface area contributed by atoms with Crippen molar-refractivity contribution in [2.24, 2.45) is 0 Å². The maximum absolute atomic E-state index is 11.7. The van der Waals surface area contributed by atoms with Crippen LogP contribution in [0.15, 0.2) is 23.0 Å². The second-order valence-corrected chi connectivity index (χ2v) is 4.10. The van der Waals surface area contributed by atoms with Crippen molar-refractivity contribution in [1.82, 2.24) is 4.98 Å². The fourth-order valence-electron chi connectivity index (χ4n) is 1.80. The topological polar surface area (TPSA) is 53.1 Å². The van der Waals surface area contributed by atoms with Gasteiger partial charge < -0.3 is 10.1 Å². The third kappa shape index (κ3) is 1.72. The number of aryl methyl sites for hydroxylation is 1. The Morgan fingerprint density at radius 1 is 1.44 bits per heavy atom. The van der Waals surface area contributed by atoms with E-state index in [1.165, 1.54) is 0 Å². The monoisotopic (exact) mass is 237 g/mol. The molecule has 4 heteroatoms. The van der Waals surface area contributed by atoms with E-state index in [9.17, 15) is 4.79 Å². The van der Waals surface area contributed by atoms with Gasteiger partial charge in [0.05, 0.1) is 10.5 Å². The minimum atomic E-state index is -0.221. The molecule has 0 saturated carbocycles. The van der Waals surface area contributed by atoms with Crippen molar-refractivity contribution in [3.63, 3.8) is 0 Å². The highest BCUT2D eigenvalue weighted by Gasteiger charge is 2.10. The van der Waals surface area contributed by atoms with E-state index in [1.807, 2.05) is 25.1 Å². The highest BCUT2D eigenvalue weighted by molar-refractivity contribution is 6.36. The number of halogens is 1. The van der Waals surface area contributed by atoms with Crippen molar-refractivity contribution < 1.29 is 5.11 Å². The molecule has 84 valence electrons. The number of hydrogen-bond acceptors (Lipinski definition) is 2. The molecule has 2 N–H and O–H groups in total. The van der Waals surface area contributed by atoms with Crippen LogP contribution in [-0.4, -0.2) is 16.7 Å². The van der Waals surface area contributed by atoms with Crippen molar-refractivity contribution in [2.75, 3.05) is 6.61 Å². The summed E-state index contributed by atoms with van der Waals surface area (Å²) in [4.78, 5) is 14.5. The van der Waals surface area contributed by atoms with E-state index < -0.39 is 0 Å². The summed E-state index contributed by atoms with van der Waals surface area (Å²) in [5, 5.41) is 10.1. The molecule has 0 aliphatic carbocycles. The van der Waals surface area contributed by atoms with Crippen molar-refractivity contribution in [2.45, 2.75) is 13.3 Å². The Labute approximate surface area is 97.7 Å². The van der Waals surface area contributed by atoms with Gasteiger partial charge in [0, 0.05) is 24.0 Å². The molecule has 0 atom stereocenters. The molecule has 0 unspecified atom stereocenters. The number of H-pyrrole nitrogens is 1. The van der Waals surface area contributed by atoms with Gasteiger partial charge in [0.25, 0.3) is 5.56 Å². The van der Waals surface area contributed by atoms with Crippen molar-refractivity contribution in [1.29, 1.82) is 0 Å². The van der Waals surface area contributed by atoms with Crippen LogP contribution in [0.2, 0.25) is 5.02 Å². The molecule has 2 aromatic rings. The highest BCUT2D eigenvalue weighted by atomic mass is 35.5. The molecule has 3 nitrogen and oxygen atoms in total. The summed E-state index contributed by atoms with van der Waals surface area (Å²) in [5.41, 5.74) is 1.97. The van der Waals surface area contributed by atoms with Crippen molar-refractivity contribution in [3.05, 3.63) is 44.7 Å². The molecule has 0 spiro atoms. The number of hydrogen-bond donors (Lipinski definition) is 2. The summed E-state index contributed by atoms with van der Waals surface area (Å²) >= 11 is 6.17. The Morgan fingerprint density at radius 3 is 2.88 bits per heavy atom. The maximum atomic E-state index is 11.7. The average Bonchev–Trinajstić information content (AvgIpc) is 2.26. The lowest BCUT2D eigenvalue weighted by Gasteiger charge is -2.07. The largest absolute Gasteiger partial charge is 0.396 e. The molecule has 1 aromatic heterocycles. The van der Waals surface area contributed by atoms with Gasteiger partial charge in [-0.15, -0.1) is 0 Å². The molecule has 1 heterocycles. The van der Waals surface area contributed by atoms with Gasteiger partial charge in [0.1, 0.15) is 0 Å². The van der Waals surface area contributed by atoms with Crippen LogP contribution >= 0.6 is 11.6 Å². The van der Waals surface area contributed by atoms with E-state index >= 15 is 0 Å². The number of rotatable bonds is 2. The Hall–Kier alpha value is -1.32. The minimum Gasteiger partial charge on any atom is -0.396 e. The van der Waals surface area contributed by atoms with Gasteiger partial charge in [-0.05, 0) is 12.5 Å². The number of aromatic nitrogens is 1. The average molecular weight is 238 g/mol. The van der Waals surface area contributed by atoms with E-state index in [0.29, 0.717) is 10.6 Å². The summed E-state index contributed by atoms with van der Waals surface area (Å²) in [5.74, 6) is 0. The zero-order valence-corrected chi connectivity index (χ0v) is 9.64. The van der Waals surface area contributed by atoms with Crippen molar-refractivity contribution in [3.8, 4) is 0 Å². The normalized spacial score (nSPS) is 10.9. The summed E-state index contributed by atoms with van der Waals surface area (Å²) in [6.07, 6.45) is 0.276. The van der Waals surface area contributed by atoms with Gasteiger partial charge in [-0.1, -0.05) is 29.8 Å². The molecule has 16 heavy (non-hydrogen) atoms. The van der Waals surface area contributed by atoms with Crippen LogP contribution in [0.3, 0.4) is 0 Å². The molecule has 0 radical (unpaired) electrons. The fourth-order valence-corrected chi connectivity index (χ4v) is 2.14. The number of aliphatic hydroxyl groups is 1. The first kappa shape index (κ1) is 11.2. The smallest absolute Gasteiger partial charge is 0.253 e. The third-order valence-electron chi connectivity index (χ3n) is 2.65. The Balaban J connectivity index is 2.84. The van der Waals surface area contributed by atoms with Crippen LogP contribution in [0.25, 0.3) is 10.9 Å². The fraction of sp³-hybridized carbons (Fsp3) is 0.250. The number of pyridine rings is 1. The minimum absolute atomic E-state index is 0.0832. The van der Waals surface area contributed by atoms with Crippen LogP contribution in [0.1, 0.15) is 11.1 Å². The zero-order chi connectivity index (χ0) is 11.7. The summed E-state index contributed by atoms with van der Waals surface area (Å²) in [6, 6.07) is 5.67. The van der Waals surface area contributed by atoms with E-state index in [0.717, 1.165) is 16.5 Å². The van der Waals surface area contributed by atoms with Gasteiger partial charge in [0.2, 0.25) is 0 Å². The summed E-state index contributed by atoms with van der Waals surface area (Å²) < 4.78 is 0. The van der Waals surface area contributed by atoms with E-state index in [-0.39, 0.29) is 18.6 Å². The summed E-state index contributed by atoms with van der Waals surface area (Å²) in [7, 11) is 0. The number of aromatic amines is 1. The number of fused-ring (bicyclic) bond motifs is 1. The van der Waals surface area contributed by atoms with Crippen LogP contribution in [0.4, 0.5) is 0 Å². The molecule has 0 amide bonds. The molecule has 0 aliphatic rings. The first-order chi connectivity index (χ1) is 7.65. The van der Waals surface area contributed by atoms with Crippen LogP contribution in [-0.2, 0) is 6.42 Å². The number of para-hydroxylation sites is 1. The molecule has 0 aliphatic heterocycles. The second-order valence-electron chi connectivity index (χ2n) is 3.72. The first-order valence-corrected chi connectivity index (χ1v) is 5.43. The molecule has 0 saturated heterocycles. The Morgan fingerprint density at radius 2 is 2.19 bits per heavy atom. The Kier molecular flexibility index (Phi) is 2.99. The molecular formula is C12H12ClNO2. The SMILES string of the molecule is Cc1cccc2c(Cl)c(CCO)c(=O)[nH]c12. The quantitative estimate of drug-likeness (QED) is 0.840. The first-order valence-electron chi connectivity index (χ1n) is 5.06. The predicted molar refractivity (Wildman–Crippen MR) is 65.1 cm³/mol. The maximum Gasteiger partial charge on any atom is 0.253 e. The van der Waals surface area contributed by atoms with E-state index in [2.05, 4.69) is 4.98 Å². The van der Waals surface area contributed by atoms with Crippen LogP contribution < -0.4 is 5.56 Å². The lowest BCUT2D eigenvalue weighted by molar-refractivity contribution is 0.299. The van der Waals surface area contributed by atoms with Gasteiger partial charge in [-0.2, -0.15) is 0 Å². The van der Waals surface area contributed by atoms with Gasteiger partial charge in [-0.3, -0.25) is 4.79 Å². The second kappa shape index (κ2) is 4.28. The third-order valence-corrected chi connectivity index (χ3v) is 3.08. The van der Waals surface area contributed by atoms with Crippen LogP contribution in [0, 0.1) is 6.92 Å². The molecule has 0 fully saturated rings. The number of benzene rings is 1. The number of aliphatic hydroxyl groups excluding tert-OH is 1. The van der Waals surface area contributed by atoms with Gasteiger partial charge in [0.15, 0.2) is 0 Å². The number of nitrogens with one attached hydrogen (secondary N) is 1. The van der Waals surface area contributed by atoms with Gasteiger partial charge >= 0.3 is 0 Å². The van der Waals surface area contributed by atoms with E-state index in [1.54, 1.807) is 0 Å². The molecule has 1 aromatic carbocycles. The standard InChI is InChI=1S/C12H12ClNO2/c1-7-3-2-4-8-10(13)9(5-6-15)12(16)14-11(7)8/h2-4,15H,5-6H2,1H3,(H,14,16). The highest BCUT2D eigenvalue weighted by Crippen LogP contribution is 2.25. The molecular weight excluding hydrogens is 226 g/mol. The zero-order valence-electron chi connectivity index (χ0n) is 8.88. The summed E-state index contributed by atoms with van der Waals surface area (Å²) in [6.45, 7) is 1.83. The Bertz CT molecular complexity index is 589.